The maximum atomic E-state index is 14.7. The topological polar surface area (TPSA) is 151 Å². The van der Waals surface area contributed by atoms with Crippen LogP contribution in [0.4, 0.5) is 0 Å². The molecule has 2 amide bonds. The van der Waals surface area contributed by atoms with Crippen molar-refractivity contribution in [3.8, 4) is 23.0 Å². The number of rotatable bonds is 18. The van der Waals surface area contributed by atoms with E-state index < -0.39 is 29.6 Å². The van der Waals surface area contributed by atoms with Crippen LogP contribution in [0.25, 0.3) is 0 Å². The molecule has 1 fully saturated rings. The fourth-order valence-corrected chi connectivity index (χ4v) is 7.34. The Morgan fingerprint density at radius 2 is 1.09 bits per heavy atom. The molecule has 0 unspecified atom stereocenters. The molecular weight excluding hydrogens is 684 g/mol. The molecule has 4 atom stereocenters. The number of carbonyl (C=O) groups is 3. The standard InChI is InChI=1S/C42H46N6O6/c1-3-23-47(27-29-15-19-33(20-16-29)53-31-11-7-5-8-12-31)41(51)39-35(25-37-43-45-46-44-37)36(26-38(49)50)40(39)42(52)48(24-4-2)28-30-17-21-34(22-18-30)54-32-13-9-6-10-14-32/h5-22,35-36,39-40H,3-4,23-28H2,1-2H3,(H,49,50)(H,43,44,45,46)/t35-,36-,39-,40-/m1/s1. The molecule has 4 aromatic carbocycles. The van der Waals surface area contributed by atoms with Crippen molar-refractivity contribution >= 4 is 17.8 Å². The number of hydrogen-bond donors (Lipinski definition) is 2. The lowest BCUT2D eigenvalue weighted by molar-refractivity contribution is -0.171. The van der Waals surface area contributed by atoms with Gasteiger partial charge in [-0.3, -0.25) is 14.4 Å². The van der Waals surface area contributed by atoms with Crippen LogP contribution in [0, 0.1) is 23.7 Å². The van der Waals surface area contributed by atoms with Gasteiger partial charge in [-0.2, -0.15) is 5.21 Å². The number of nitrogens with zero attached hydrogens (tertiary/aromatic N) is 5. The van der Waals surface area contributed by atoms with Crippen molar-refractivity contribution in [1.29, 1.82) is 0 Å². The van der Waals surface area contributed by atoms with Crippen LogP contribution in [0.15, 0.2) is 109 Å². The predicted octanol–water partition coefficient (Wildman–Crippen LogP) is 7.16. The summed E-state index contributed by atoms with van der Waals surface area (Å²) in [7, 11) is 0. The number of amides is 2. The number of hydrogen-bond acceptors (Lipinski definition) is 8. The van der Waals surface area contributed by atoms with Crippen LogP contribution < -0.4 is 9.47 Å². The second kappa shape index (κ2) is 18.1. The third-order valence-corrected chi connectivity index (χ3v) is 9.81. The molecule has 0 radical (unpaired) electrons. The molecule has 1 aliphatic carbocycles. The van der Waals surface area contributed by atoms with Crippen molar-refractivity contribution < 1.29 is 29.0 Å². The van der Waals surface area contributed by atoms with Crippen LogP contribution in [-0.4, -0.2) is 66.4 Å². The largest absolute Gasteiger partial charge is 0.481 e. The lowest BCUT2D eigenvalue weighted by Crippen LogP contribution is -2.61. The van der Waals surface area contributed by atoms with E-state index in [-0.39, 0.29) is 24.7 Å². The predicted molar refractivity (Wildman–Crippen MR) is 201 cm³/mol. The Morgan fingerprint density at radius 3 is 1.50 bits per heavy atom. The summed E-state index contributed by atoms with van der Waals surface area (Å²) in [5, 5.41) is 24.4. The van der Waals surface area contributed by atoms with E-state index in [0.29, 0.717) is 56.3 Å². The Hall–Kier alpha value is -6.04. The smallest absolute Gasteiger partial charge is 0.303 e. The number of carbonyl (C=O) groups excluding carboxylic acids is 2. The third-order valence-electron chi connectivity index (χ3n) is 9.81. The maximum Gasteiger partial charge on any atom is 0.303 e. The highest BCUT2D eigenvalue weighted by atomic mass is 16.5. The third kappa shape index (κ3) is 9.49. The number of tetrazole rings is 1. The molecule has 0 aliphatic heterocycles. The molecule has 1 aromatic heterocycles. The van der Waals surface area contributed by atoms with Gasteiger partial charge in [0.05, 0.1) is 11.8 Å². The Bertz CT molecular complexity index is 1940. The molecule has 6 rings (SSSR count). The van der Waals surface area contributed by atoms with E-state index in [2.05, 4.69) is 20.6 Å². The van der Waals surface area contributed by atoms with E-state index in [9.17, 15) is 19.5 Å². The number of aromatic nitrogens is 4. The van der Waals surface area contributed by atoms with Gasteiger partial charge >= 0.3 is 5.97 Å². The number of nitrogens with one attached hydrogen (secondary N) is 1. The highest BCUT2D eigenvalue weighted by molar-refractivity contribution is 5.91. The van der Waals surface area contributed by atoms with Gasteiger partial charge in [-0.1, -0.05) is 79.7 Å². The number of aromatic amines is 1. The second-order valence-electron chi connectivity index (χ2n) is 13.6. The van der Waals surface area contributed by atoms with Gasteiger partial charge in [0.25, 0.3) is 0 Å². The van der Waals surface area contributed by atoms with E-state index in [1.165, 1.54) is 0 Å². The van der Waals surface area contributed by atoms with Gasteiger partial charge in [0, 0.05) is 39.0 Å². The van der Waals surface area contributed by atoms with Crippen molar-refractivity contribution in [3.63, 3.8) is 0 Å². The van der Waals surface area contributed by atoms with Gasteiger partial charge in [0.1, 0.15) is 23.0 Å². The highest BCUT2D eigenvalue weighted by Crippen LogP contribution is 2.51. The van der Waals surface area contributed by atoms with Crippen LogP contribution in [0.5, 0.6) is 23.0 Å². The molecule has 1 saturated carbocycles. The zero-order valence-corrected chi connectivity index (χ0v) is 30.6. The summed E-state index contributed by atoms with van der Waals surface area (Å²) in [6.07, 6.45) is 1.35. The zero-order chi connectivity index (χ0) is 37.9. The van der Waals surface area contributed by atoms with E-state index in [1.54, 1.807) is 9.80 Å². The summed E-state index contributed by atoms with van der Waals surface area (Å²) in [4.78, 5) is 45.2. The molecule has 5 aromatic rings. The lowest BCUT2D eigenvalue weighted by atomic mass is 9.53. The summed E-state index contributed by atoms with van der Waals surface area (Å²) < 4.78 is 11.9. The second-order valence-corrected chi connectivity index (χ2v) is 13.6. The zero-order valence-electron chi connectivity index (χ0n) is 30.6. The summed E-state index contributed by atoms with van der Waals surface area (Å²) in [6.45, 7) is 5.54. The van der Waals surface area contributed by atoms with Crippen LogP contribution >= 0.6 is 0 Å². The summed E-state index contributed by atoms with van der Waals surface area (Å²) in [5.41, 5.74) is 1.80. The molecule has 0 saturated heterocycles. The minimum Gasteiger partial charge on any atom is -0.481 e. The van der Waals surface area contributed by atoms with Crippen molar-refractivity contribution in [2.45, 2.75) is 52.6 Å². The molecule has 0 bridgehead atoms. The molecule has 2 N–H and O–H groups in total. The van der Waals surface area contributed by atoms with Crippen molar-refractivity contribution in [2.75, 3.05) is 13.1 Å². The quantitative estimate of drug-likeness (QED) is 0.0958. The molecule has 1 aliphatic rings. The van der Waals surface area contributed by atoms with E-state index in [0.717, 1.165) is 22.6 Å². The molecule has 12 heteroatoms. The van der Waals surface area contributed by atoms with Crippen LogP contribution in [0.1, 0.15) is 50.1 Å². The summed E-state index contributed by atoms with van der Waals surface area (Å²) in [6, 6.07) is 34.2. The Balaban J connectivity index is 1.24. The first-order chi connectivity index (χ1) is 26.3. The lowest BCUT2D eigenvalue weighted by Gasteiger charge is -2.52. The van der Waals surface area contributed by atoms with Gasteiger partial charge in [-0.25, -0.2) is 0 Å². The minimum atomic E-state index is -1.03. The number of para-hydroxylation sites is 2. The Kier molecular flexibility index (Phi) is 12.7. The number of H-pyrrole nitrogens is 1. The molecule has 280 valence electrons. The average Bonchev–Trinajstić information content (AvgIpc) is 3.70. The first-order valence-electron chi connectivity index (χ1n) is 18.5. The Morgan fingerprint density at radius 1 is 0.648 bits per heavy atom. The van der Waals surface area contributed by atoms with Gasteiger partial charge in [-0.05, 0) is 84.3 Å². The fraction of sp³-hybridized carbons (Fsp3) is 0.333. The van der Waals surface area contributed by atoms with E-state index in [4.69, 9.17) is 9.47 Å². The minimum absolute atomic E-state index is 0.186. The number of carboxylic acids is 1. The summed E-state index contributed by atoms with van der Waals surface area (Å²) in [5.74, 6) is -0.948. The van der Waals surface area contributed by atoms with E-state index in [1.807, 2.05) is 123 Å². The Labute approximate surface area is 315 Å². The monoisotopic (exact) mass is 730 g/mol. The van der Waals surface area contributed by atoms with Crippen LogP contribution in [-0.2, 0) is 33.9 Å². The summed E-state index contributed by atoms with van der Waals surface area (Å²) >= 11 is 0. The average molecular weight is 731 g/mol. The molecule has 12 nitrogen and oxygen atoms in total. The number of carboxylic acid groups (broad SMARTS) is 1. The van der Waals surface area contributed by atoms with Gasteiger partial charge < -0.3 is 24.4 Å². The number of benzene rings is 4. The highest BCUT2D eigenvalue weighted by Gasteiger charge is 2.59. The van der Waals surface area contributed by atoms with Crippen molar-refractivity contribution in [2.24, 2.45) is 23.7 Å². The van der Waals surface area contributed by atoms with Gasteiger partial charge in [-0.15, -0.1) is 10.2 Å². The molecule has 54 heavy (non-hydrogen) atoms. The molecular formula is C42H46N6O6. The fourth-order valence-electron chi connectivity index (χ4n) is 7.34. The number of aliphatic carboxylic acids is 1. The van der Waals surface area contributed by atoms with Crippen molar-refractivity contribution in [3.05, 3.63) is 126 Å². The van der Waals surface area contributed by atoms with Crippen LogP contribution in [0.2, 0.25) is 0 Å². The SMILES string of the molecule is CCCN(Cc1ccc(Oc2ccccc2)cc1)C(=O)[C@@H]1[C@H](CC(=O)O)[C@@H](Cc2nn[nH]n2)[C@H]1C(=O)N(CCC)Cc1ccc(Oc2ccccc2)cc1. The van der Waals surface area contributed by atoms with Gasteiger partial charge in [0.15, 0.2) is 5.82 Å². The van der Waals surface area contributed by atoms with E-state index >= 15 is 0 Å². The maximum absolute atomic E-state index is 14.7. The first-order valence-corrected chi connectivity index (χ1v) is 18.5. The van der Waals surface area contributed by atoms with Gasteiger partial charge in [0.2, 0.25) is 11.8 Å². The molecule has 1 heterocycles. The molecule has 0 spiro atoms. The number of ether oxygens (including phenoxy) is 2. The van der Waals surface area contributed by atoms with Crippen LogP contribution in [0.3, 0.4) is 0 Å². The first kappa shape index (κ1) is 37.7. The normalized spacial score (nSPS) is 17.6. The van der Waals surface area contributed by atoms with Crippen molar-refractivity contribution in [1.82, 2.24) is 30.4 Å².